The van der Waals surface area contributed by atoms with Crippen LogP contribution in [0.2, 0.25) is 0 Å². The van der Waals surface area contributed by atoms with Crippen molar-refractivity contribution in [2.24, 2.45) is 0 Å². The molecular weight excluding hydrogens is 364 g/mol. The van der Waals surface area contributed by atoms with Gasteiger partial charge in [0.05, 0.1) is 0 Å². The summed E-state index contributed by atoms with van der Waals surface area (Å²) in [6, 6.07) is 13.9. The molecule has 140 valence electrons. The Balaban J connectivity index is 1.72. The van der Waals surface area contributed by atoms with Crippen molar-refractivity contribution in [3.8, 4) is 0 Å². The number of aryl methyl sites for hydroxylation is 2. The van der Waals surface area contributed by atoms with Crippen molar-refractivity contribution in [2.45, 2.75) is 42.3 Å². The van der Waals surface area contributed by atoms with Crippen molar-refractivity contribution in [1.82, 2.24) is 0 Å². The molecule has 4 atom stereocenters. The average Bonchev–Trinajstić information content (AvgIpc) is 3.10. The van der Waals surface area contributed by atoms with E-state index < -0.39 is 33.6 Å². The van der Waals surface area contributed by atoms with Crippen LogP contribution in [0.3, 0.4) is 0 Å². The number of benzene rings is 2. The maximum Gasteiger partial charge on any atom is 0.198 e. The lowest BCUT2D eigenvalue weighted by molar-refractivity contribution is -0.110. The summed E-state index contributed by atoms with van der Waals surface area (Å²) < 4.78 is 5.70. The second-order valence-corrected chi connectivity index (χ2v) is 8.49. The number of thioether (sulfide) groups is 1. The number of carbonyl (C=O) groups is 2. The SMILES string of the molecule is Cc1ccccc1C(=O)C(O)[C@@]12OC(C[C@@]1(O)C(=O)c1ccccc1C)S2. The molecule has 5 rings (SSSR count). The maximum atomic E-state index is 13.2. The van der Waals surface area contributed by atoms with Crippen molar-refractivity contribution >= 4 is 23.3 Å². The van der Waals surface area contributed by atoms with Gasteiger partial charge in [-0.2, -0.15) is 0 Å². The zero-order valence-corrected chi connectivity index (χ0v) is 15.8. The fourth-order valence-corrected chi connectivity index (χ4v) is 5.44. The predicted octanol–water partition coefficient (Wildman–Crippen LogP) is 2.65. The summed E-state index contributed by atoms with van der Waals surface area (Å²) in [7, 11) is 0. The van der Waals surface area contributed by atoms with E-state index in [1.165, 1.54) is 0 Å². The normalized spacial score (nSPS) is 29.9. The number of ether oxygens (including phenoxy) is 1. The second-order valence-electron chi connectivity index (χ2n) is 7.12. The highest BCUT2D eigenvalue weighted by Crippen LogP contribution is 2.64. The Morgan fingerprint density at radius 3 is 2.15 bits per heavy atom. The summed E-state index contributed by atoms with van der Waals surface area (Å²) >= 11 is 1.15. The quantitative estimate of drug-likeness (QED) is 0.771. The van der Waals surface area contributed by atoms with Crippen molar-refractivity contribution in [3.05, 3.63) is 70.8 Å². The minimum atomic E-state index is -1.97. The molecule has 0 saturated carbocycles. The molecule has 0 radical (unpaired) electrons. The Kier molecular flexibility index (Phi) is 4.27. The first-order valence-electron chi connectivity index (χ1n) is 8.76. The summed E-state index contributed by atoms with van der Waals surface area (Å²) in [5.41, 5.74) is -0.226. The third-order valence-corrected chi connectivity index (χ3v) is 6.97. The molecule has 0 aliphatic carbocycles. The smallest absolute Gasteiger partial charge is 0.198 e. The number of carbonyl (C=O) groups excluding carboxylic acids is 2. The summed E-state index contributed by atoms with van der Waals surface area (Å²) in [4.78, 5) is 24.4. The van der Waals surface area contributed by atoms with E-state index in [9.17, 15) is 19.8 Å². The third kappa shape index (κ3) is 2.51. The van der Waals surface area contributed by atoms with Gasteiger partial charge in [-0.3, -0.25) is 9.59 Å². The number of hydrogen-bond acceptors (Lipinski definition) is 6. The van der Waals surface area contributed by atoms with Gasteiger partial charge < -0.3 is 14.9 Å². The summed E-state index contributed by atoms with van der Waals surface area (Å²) in [5.74, 6) is -1.08. The number of hydrogen-bond donors (Lipinski definition) is 2. The largest absolute Gasteiger partial charge is 0.381 e. The predicted molar refractivity (Wildman–Crippen MR) is 102 cm³/mol. The molecule has 27 heavy (non-hydrogen) atoms. The molecule has 3 saturated heterocycles. The van der Waals surface area contributed by atoms with Gasteiger partial charge in [0.25, 0.3) is 0 Å². The molecule has 0 aromatic heterocycles. The highest BCUT2D eigenvalue weighted by Gasteiger charge is 2.76. The van der Waals surface area contributed by atoms with Gasteiger partial charge in [0, 0.05) is 17.5 Å². The highest BCUT2D eigenvalue weighted by molar-refractivity contribution is 8.02. The van der Waals surface area contributed by atoms with Crippen LogP contribution >= 0.6 is 11.8 Å². The Morgan fingerprint density at radius 2 is 1.59 bits per heavy atom. The minimum Gasteiger partial charge on any atom is -0.381 e. The lowest BCUT2D eigenvalue weighted by Gasteiger charge is -2.45. The molecule has 5 nitrogen and oxygen atoms in total. The van der Waals surface area contributed by atoms with E-state index in [0.717, 1.165) is 17.3 Å². The third-order valence-electron chi connectivity index (χ3n) is 5.44. The van der Waals surface area contributed by atoms with Crippen LogP contribution in [0.15, 0.2) is 48.5 Å². The number of fused-ring (bicyclic) bond motifs is 1. The zero-order chi connectivity index (χ0) is 19.4. The van der Waals surface area contributed by atoms with E-state index in [-0.39, 0.29) is 6.42 Å². The average molecular weight is 384 g/mol. The minimum absolute atomic E-state index is 0.0446. The number of Topliss-reactive ketones (excluding diaryl/α,β-unsaturated/α-hetero) is 2. The maximum absolute atomic E-state index is 13.2. The van der Waals surface area contributed by atoms with Gasteiger partial charge in [-0.15, -0.1) is 0 Å². The van der Waals surface area contributed by atoms with Crippen molar-refractivity contribution in [1.29, 1.82) is 0 Å². The van der Waals surface area contributed by atoms with Crippen LogP contribution < -0.4 is 0 Å². The summed E-state index contributed by atoms with van der Waals surface area (Å²) in [5, 5.41) is 22.2. The number of rotatable bonds is 5. The van der Waals surface area contributed by atoms with Gasteiger partial charge in [-0.1, -0.05) is 60.3 Å². The topological polar surface area (TPSA) is 83.8 Å². The van der Waals surface area contributed by atoms with Gasteiger partial charge in [0.1, 0.15) is 5.44 Å². The van der Waals surface area contributed by atoms with Crippen LogP contribution in [0.4, 0.5) is 0 Å². The molecule has 3 heterocycles. The van der Waals surface area contributed by atoms with Crippen LogP contribution in [0, 0.1) is 13.8 Å². The van der Waals surface area contributed by atoms with Crippen molar-refractivity contribution in [2.75, 3.05) is 0 Å². The molecule has 3 aliphatic heterocycles. The molecule has 0 amide bonds. The van der Waals surface area contributed by atoms with Crippen LogP contribution in [-0.2, 0) is 4.74 Å². The monoisotopic (exact) mass is 384 g/mol. The molecule has 6 heteroatoms. The van der Waals surface area contributed by atoms with E-state index in [1.807, 2.05) is 6.07 Å². The highest BCUT2D eigenvalue weighted by atomic mass is 32.2. The molecular formula is C21H20O5S. The zero-order valence-electron chi connectivity index (χ0n) is 15.0. The summed E-state index contributed by atoms with van der Waals surface area (Å²) in [6.07, 6.45) is -1.61. The molecule has 2 N–H and O–H groups in total. The molecule has 2 bridgehead atoms. The molecule has 2 unspecified atom stereocenters. The standard InChI is InChI=1S/C21H20O5S/c1-12-7-3-5-9-14(12)17(22)19(24)21-20(25,11-16(26-21)27-21)18(23)15-10-6-4-8-13(15)2/h3-10,16,19,24-25H,11H2,1-2H3/t16?,19?,20-,21+/m1/s1. The lowest BCUT2D eigenvalue weighted by atomic mass is 9.81. The lowest BCUT2D eigenvalue weighted by Crippen LogP contribution is -2.64. The summed E-state index contributed by atoms with van der Waals surface area (Å²) in [6.45, 7) is 3.56. The van der Waals surface area contributed by atoms with E-state index in [0.29, 0.717) is 16.7 Å². The first-order chi connectivity index (χ1) is 12.8. The van der Waals surface area contributed by atoms with E-state index in [1.54, 1.807) is 56.3 Å². The first-order valence-corrected chi connectivity index (χ1v) is 9.64. The molecule has 2 aromatic rings. The number of aliphatic hydroxyl groups excluding tert-OH is 1. The molecule has 3 fully saturated rings. The van der Waals surface area contributed by atoms with Gasteiger partial charge >= 0.3 is 0 Å². The number of aliphatic hydroxyl groups is 2. The van der Waals surface area contributed by atoms with Gasteiger partial charge in [0.15, 0.2) is 28.2 Å². The van der Waals surface area contributed by atoms with Crippen molar-refractivity contribution < 1.29 is 24.5 Å². The Labute approximate surface area is 161 Å². The van der Waals surface area contributed by atoms with Crippen molar-refractivity contribution in [3.63, 3.8) is 0 Å². The van der Waals surface area contributed by atoms with Crippen LogP contribution in [-0.4, -0.2) is 43.9 Å². The Hall–Kier alpha value is -1.99. The second kappa shape index (κ2) is 6.27. The van der Waals surface area contributed by atoms with Gasteiger partial charge in [-0.05, 0) is 25.0 Å². The molecule has 3 aliphatic rings. The molecule has 2 aromatic carbocycles. The molecule has 0 spiro atoms. The van der Waals surface area contributed by atoms with Crippen LogP contribution in [0.5, 0.6) is 0 Å². The fourth-order valence-electron chi connectivity index (χ4n) is 3.89. The number of ketones is 2. The van der Waals surface area contributed by atoms with E-state index in [2.05, 4.69) is 0 Å². The van der Waals surface area contributed by atoms with Crippen LogP contribution in [0.25, 0.3) is 0 Å². The first kappa shape index (κ1) is 18.4. The van der Waals surface area contributed by atoms with E-state index >= 15 is 0 Å². The van der Waals surface area contributed by atoms with Crippen LogP contribution in [0.1, 0.15) is 38.3 Å². The fraction of sp³-hybridized carbons (Fsp3) is 0.333. The van der Waals surface area contributed by atoms with Gasteiger partial charge in [0.2, 0.25) is 0 Å². The Morgan fingerprint density at radius 1 is 1.07 bits per heavy atom. The van der Waals surface area contributed by atoms with E-state index in [4.69, 9.17) is 4.74 Å². The Bertz CT molecular complexity index is 934. The van der Waals surface area contributed by atoms with Gasteiger partial charge in [-0.25, -0.2) is 0 Å².